The van der Waals surface area contributed by atoms with Crippen molar-refractivity contribution in [1.82, 2.24) is 21.1 Å². The number of anilines is 1. The Morgan fingerprint density at radius 3 is 2.33 bits per heavy atom. The summed E-state index contributed by atoms with van der Waals surface area (Å²) in [6.07, 6.45) is -0.291. The van der Waals surface area contributed by atoms with Gasteiger partial charge in [0.15, 0.2) is 17.1 Å². The molecule has 2 aromatic heterocycles. The molecule has 0 aliphatic heterocycles. The highest BCUT2D eigenvalue weighted by molar-refractivity contribution is 5.93. The molecule has 12 nitrogen and oxygen atoms in total. The Labute approximate surface area is 188 Å². The maximum atomic E-state index is 12.3. The molecule has 3 amide bonds. The molecule has 2 heterocycles. The van der Waals surface area contributed by atoms with Crippen LogP contribution in [-0.2, 0) is 11.2 Å². The maximum absolute atomic E-state index is 12.3. The minimum absolute atomic E-state index is 0.0766. The topological polar surface area (TPSA) is 169 Å². The lowest BCUT2D eigenvalue weighted by molar-refractivity contribution is 0.0635. The zero-order chi connectivity index (χ0) is 24.0. The SMILES string of the molecule is CC(C)(C)OC(=O)Nc1ccc(-c2cc(C(=O)NCCc3cc(C(=O)NO)no3)no2)cc1. The minimum Gasteiger partial charge on any atom is -0.444 e. The molecule has 0 saturated carbocycles. The van der Waals surface area contributed by atoms with Gasteiger partial charge in [-0.2, -0.15) is 0 Å². The van der Waals surface area contributed by atoms with E-state index in [1.165, 1.54) is 17.6 Å². The second-order valence-corrected chi connectivity index (χ2v) is 7.91. The summed E-state index contributed by atoms with van der Waals surface area (Å²) in [6.45, 7) is 5.52. The van der Waals surface area contributed by atoms with Gasteiger partial charge >= 0.3 is 6.09 Å². The van der Waals surface area contributed by atoms with E-state index in [0.29, 0.717) is 22.8 Å². The number of carbonyl (C=O) groups is 3. The van der Waals surface area contributed by atoms with E-state index in [0.717, 1.165) is 0 Å². The Morgan fingerprint density at radius 2 is 1.67 bits per heavy atom. The first kappa shape index (κ1) is 23.5. The molecule has 3 aromatic rings. The van der Waals surface area contributed by atoms with Crippen molar-refractivity contribution >= 4 is 23.6 Å². The van der Waals surface area contributed by atoms with Crippen molar-refractivity contribution in [3.63, 3.8) is 0 Å². The molecule has 0 unspecified atom stereocenters. The van der Waals surface area contributed by atoms with Crippen LogP contribution < -0.4 is 16.1 Å². The molecule has 0 aliphatic rings. The molecule has 0 radical (unpaired) electrons. The van der Waals surface area contributed by atoms with Gasteiger partial charge in [-0.05, 0) is 45.0 Å². The quantitative estimate of drug-likeness (QED) is 0.308. The number of hydrogen-bond acceptors (Lipinski definition) is 9. The summed E-state index contributed by atoms with van der Waals surface area (Å²) >= 11 is 0. The van der Waals surface area contributed by atoms with Crippen LogP contribution in [0.2, 0.25) is 0 Å². The van der Waals surface area contributed by atoms with Gasteiger partial charge in [0, 0.05) is 36.3 Å². The van der Waals surface area contributed by atoms with Crippen LogP contribution in [0.5, 0.6) is 0 Å². The lowest BCUT2D eigenvalue weighted by Crippen LogP contribution is -2.27. The number of aromatic nitrogens is 2. The average molecular weight is 457 g/mol. The van der Waals surface area contributed by atoms with E-state index in [1.54, 1.807) is 45.0 Å². The number of hydrogen-bond donors (Lipinski definition) is 4. The van der Waals surface area contributed by atoms with Gasteiger partial charge in [0.05, 0.1) is 0 Å². The molecular formula is C21H23N5O7. The summed E-state index contributed by atoms with van der Waals surface area (Å²) in [5, 5.41) is 21.1. The standard InChI is InChI=1S/C21H23N5O7/c1-21(2,3)31-20(29)23-13-6-4-12(5-7-13)17-11-16(26-33-17)18(27)22-9-8-14-10-15(25-32-14)19(28)24-30/h4-7,10-11,30H,8-9H2,1-3H3,(H,22,27)(H,23,29)(H,24,28). The van der Waals surface area contributed by atoms with Gasteiger partial charge in [-0.25, -0.2) is 10.3 Å². The number of nitrogens with zero attached hydrogens (tertiary/aromatic N) is 2. The highest BCUT2D eigenvalue weighted by Gasteiger charge is 2.17. The van der Waals surface area contributed by atoms with Crippen LogP contribution in [0, 0.1) is 0 Å². The Hall–Kier alpha value is -4.19. The fourth-order valence-corrected chi connectivity index (χ4v) is 2.64. The molecule has 33 heavy (non-hydrogen) atoms. The Balaban J connectivity index is 1.52. The molecule has 0 spiro atoms. The molecule has 3 rings (SSSR count). The molecule has 0 aliphatic carbocycles. The third-order valence-electron chi connectivity index (χ3n) is 4.11. The van der Waals surface area contributed by atoms with Crippen molar-refractivity contribution in [3.05, 3.63) is 53.5 Å². The van der Waals surface area contributed by atoms with Gasteiger partial charge in [0.2, 0.25) is 0 Å². The number of benzene rings is 1. The van der Waals surface area contributed by atoms with Gasteiger partial charge in [0.25, 0.3) is 11.8 Å². The third kappa shape index (κ3) is 6.64. The first-order chi connectivity index (χ1) is 15.6. The highest BCUT2D eigenvalue weighted by atomic mass is 16.6. The Morgan fingerprint density at radius 1 is 1.00 bits per heavy atom. The van der Waals surface area contributed by atoms with E-state index >= 15 is 0 Å². The second-order valence-electron chi connectivity index (χ2n) is 7.91. The molecule has 1 aromatic carbocycles. The van der Waals surface area contributed by atoms with E-state index in [1.807, 2.05) is 0 Å². The predicted octanol–water partition coefficient (Wildman–Crippen LogP) is 2.77. The number of ether oxygens (including phenoxy) is 1. The van der Waals surface area contributed by atoms with Crippen LogP contribution in [0.15, 0.2) is 45.4 Å². The fraction of sp³-hybridized carbons (Fsp3) is 0.286. The zero-order valence-corrected chi connectivity index (χ0v) is 18.2. The summed E-state index contributed by atoms with van der Waals surface area (Å²) in [7, 11) is 0. The molecule has 0 fully saturated rings. The summed E-state index contributed by atoms with van der Waals surface area (Å²) in [4.78, 5) is 35.4. The fourth-order valence-electron chi connectivity index (χ4n) is 2.64. The van der Waals surface area contributed by atoms with E-state index in [9.17, 15) is 14.4 Å². The smallest absolute Gasteiger partial charge is 0.412 e. The third-order valence-corrected chi connectivity index (χ3v) is 4.11. The predicted molar refractivity (Wildman–Crippen MR) is 114 cm³/mol. The van der Waals surface area contributed by atoms with Gasteiger partial charge in [-0.15, -0.1) is 0 Å². The van der Waals surface area contributed by atoms with Crippen molar-refractivity contribution in [2.45, 2.75) is 32.8 Å². The number of rotatable bonds is 7. The molecule has 0 saturated heterocycles. The Bertz CT molecular complexity index is 1130. The van der Waals surface area contributed by atoms with Crippen molar-refractivity contribution in [2.24, 2.45) is 0 Å². The van der Waals surface area contributed by atoms with Gasteiger partial charge in [-0.1, -0.05) is 10.3 Å². The number of nitrogens with one attached hydrogen (secondary N) is 3. The normalized spacial score (nSPS) is 11.0. The van der Waals surface area contributed by atoms with E-state index in [-0.39, 0.29) is 24.4 Å². The summed E-state index contributed by atoms with van der Waals surface area (Å²) in [6, 6.07) is 9.60. The van der Waals surface area contributed by atoms with Crippen LogP contribution in [0.3, 0.4) is 0 Å². The minimum atomic E-state index is -0.794. The number of hydroxylamine groups is 1. The Kier molecular flexibility index (Phi) is 7.08. The van der Waals surface area contributed by atoms with Crippen LogP contribution in [0.1, 0.15) is 47.5 Å². The summed E-state index contributed by atoms with van der Waals surface area (Å²) < 4.78 is 15.4. The molecule has 0 atom stereocenters. The zero-order valence-electron chi connectivity index (χ0n) is 18.2. The molecular weight excluding hydrogens is 434 g/mol. The lowest BCUT2D eigenvalue weighted by atomic mass is 10.1. The van der Waals surface area contributed by atoms with Crippen LogP contribution >= 0.6 is 0 Å². The highest BCUT2D eigenvalue weighted by Crippen LogP contribution is 2.23. The first-order valence-electron chi connectivity index (χ1n) is 9.90. The number of carbonyl (C=O) groups excluding carboxylic acids is 3. The largest absolute Gasteiger partial charge is 0.444 e. The molecule has 12 heteroatoms. The van der Waals surface area contributed by atoms with Gasteiger partial charge < -0.3 is 19.1 Å². The van der Waals surface area contributed by atoms with Crippen molar-refractivity contribution in [3.8, 4) is 11.3 Å². The van der Waals surface area contributed by atoms with Crippen molar-refractivity contribution < 1.29 is 33.4 Å². The number of amides is 3. The van der Waals surface area contributed by atoms with Crippen molar-refractivity contribution in [1.29, 1.82) is 0 Å². The summed E-state index contributed by atoms with van der Waals surface area (Å²) in [5.74, 6) is -0.521. The lowest BCUT2D eigenvalue weighted by Gasteiger charge is -2.19. The molecule has 4 N–H and O–H groups in total. The monoisotopic (exact) mass is 457 g/mol. The maximum Gasteiger partial charge on any atom is 0.412 e. The molecule has 174 valence electrons. The van der Waals surface area contributed by atoms with Crippen LogP contribution in [0.4, 0.5) is 10.5 Å². The van der Waals surface area contributed by atoms with Gasteiger partial charge in [-0.3, -0.25) is 20.1 Å². The van der Waals surface area contributed by atoms with Crippen molar-refractivity contribution in [2.75, 3.05) is 11.9 Å². The van der Waals surface area contributed by atoms with Gasteiger partial charge in [0.1, 0.15) is 11.4 Å². The van der Waals surface area contributed by atoms with E-state index in [2.05, 4.69) is 20.9 Å². The van der Waals surface area contributed by atoms with E-state index < -0.39 is 23.5 Å². The first-order valence-corrected chi connectivity index (χ1v) is 9.90. The average Bonchev–Trinajstić information content (AvgIpc) is 3.42. The van der Waals surface area contributed by atoms with E-state index in [4.69, 9.17) is 19.0 Å². The van der Waals surface area contributed by atoms with Crippen LogP contribution in [-0.4, -0.2) is 45.6 Å². The molecule has 0 bridgehead atoms. The van der Waals surface area contributed by atoms with Crippen LogP contribution in [0.25, 0.3) is 11.3 Å². The summed E-state index contributed by atoms with van der Waals surface area (Å²) in [5.41, 5.74) is 2.05. The second kappa shape index (κ2) is 9.96.